The molecule has 0 bridgehead atoms. The third-order valence-electron chi connectivity index (χ3n) is 10.8. The first-order chi connectivity index (χ1) is 24.7. The third-order valence-corrected chi connectivity index (χ3v) is 10.8. The molecule has 0 radical (unpaired) electrons. The van der Waals surface area contributed by atoms with E-state index in [1.54, 1.807) is 0 Å². The minimum atomic E-state index is -0.655. The van der Waals surface area contributed by atoms with Crippen LogP contribution in [0, 0.1) is 0 Å². The predicted octanol–water partition coefficient (Wildman–Crippen LogP) is 16.0. The van der Waals surface area contributed by atoms with Crippen LogP contribution >= 0.6 is 0 Å². The van der Waals surface area contributed by atoms with Crippen LogP contribution in [0.3, 0.4) is 0 Å². The van der Waals surface area contributed by atoms with Gasteiger partial charge in [-0.1, -0.05) is 244 Å². The molecule has 4 heteroatoms. The quantitative estimate of drug-likeness (QED) is 0.0506. The number of hydrogen-bond donors (Lipinski definition) is 1. The molecule has 0 atom stereocenters. The van der Waals surface area contributed by atoms with Crippen LogP contribution in [0.1, 0.15) is 277 Å². The summed E-state index contributed by atoms with van der Waals surface area (Å²) in [6.07, 6.45) is 54.4. The number of carbonyl (C=O) groups excluding carboxylic acids is 1. The third kappa shape index (κ3) is 45.0. The lowest BCUT2D eigenvalue weighted by Crippen LogP contribution is -2.05. The van der Waals surface area contributed by atoms with Gasteiger partial charge in [-0.2, -0.15) is 0 Å². The summed E-state index contributed by atoms with van der Waals surface area (Å²) in [7, 11) is 0. The first-order valence-electron chi connectivity index (χ1n) is 23.0. The molecule has 0 aromatic carbocycles. The largest absolute Gasteiger partial charge is 0.481 e. The number of unbranched alkanes of at least 4 members (excludes halogenated alkanes) is 38. The summed E-state index contributed by atoms with van der Waals surface area (Å²) in [6.45, 7) is 2.92. The van der Waals surface area contributed by atoms with E-state index in [1.807, 2.05) is 0 Å². The zero-order valence-electron chi connectivity index (χ0n) is 34.1. The maximum Gasteiger partial charge on any atom is 0.305 e. The van der Waals surface area contributed by atoms with E-state index in [2.05, 4.69) is 6.92 Å². The van der Waals surface area contributed by atoms with Crippen LogP contribution in [0.5, 0.6) is 0 Å². The summed E-state index contributed by atoms with van der Waals surface area (Å²) < 4.78 is 5.47. The monoisotopic (exact) mass is 707 g/mol. The lowest BCUT2D eigenvalue weighted by atomic mass is 10.0. The fraction of sp³-hybridized carbons (Fsp3) is 0.957. The molecule has 4 nitrogen and oxygen atoms in total. The average molecular weight is 707 g/mol. The van der Waals surface area contributed by atoms with Crippen LogP contribution in [-0.2, 0) is 14.3 Å². The maximum absolute atomic E-state index is 12.0. The highest BCUT2D eigenvalue weighted by Gasteiger charge is 2.03. The van der Waals surface area contributed by atoms with Crippen molar-refractivity contribution in [1.29, 1.82) is 0 Å². The molecule has 0 aliphatic rings. The second-order valence-corrected chi connectivity index (χ2v) is 15.9. The van der Waals surface area contributed by atoms with E-state index in [0.29, 0.717) is 19.4 Å². The predicted molar refractivity (Wildman–Crippen MR) is 218 cm³/mol. The van der Waals surface area contributed by atoms with Gasteiger partial charge in [0.05, 0.1) is 6.61 Å². The van der Waals surface area contributed by atoms with E-state index < -0.39 is 5.97 Å². The highest BCUT2D eigenvalue weighted by atomic mass is 16.5. The van der Waals surface area contributed by atoms with Gasteiger partial charge in [0, 0.05) is 12.8 Å². The molecule has 0 aliphatic heterocycles. The van der Waals surface area contributed by atoms with Gasteiger partial charge in [-0.05, 0) is 19.3 Å². The number of rotatable bonds is 44. The number of esters is 1. The minimum Gasteiger partial charge on any atom is -0.481 e. The smallest absolute Gasteiger partial charge is 0.305 e. The molecule has 0 amide bonds. The molecule has 0 aromatic rings. The van der Waals surface area contributed by atoms with Crippen molar-refractivity contribution in [1.82, 2.24) is 0 Å². The van der Waals surface area contributed by atoms with Crippen LogP contribution in [0.25, 0.3) is 0 Å². The minimum absolute atomic E-state index is 0.0214. The lowest BCUT2D eigenvalue weighted by Gasteiger charge is -2.06. The van der Waals surface area contributed by atoms with Gasteiger partial charge < -0.3 is 9.84 Å². The fourth-order valence-electron chi connectivity index (χ4n) is 7.34. The molecule has 1 N–H and O–H groups in total. The standard InChI is InChI=1S/C46H90O4/c1-2-3-4-5-6-7-8-9-10-23-26-29-32-35-38-41-44-50-46(49)43-40-37-34-31-28-25-22-20-18-16-14-12-11-13-15-17-19-21-24-27-30-33-36-39-42-45(47)48/h2-44H2,1H3,(H,47,48). The number of carboxylic acid groups (broad SMARTS) is 1. The zero-order valence-corrected chi connectivity index (χ0v) is 34.1. The Balaban J connectivity index is 3.14. The molecular weight excluding hydrogens is 617 g/mol. The Morgan fingerprint density at radius 2 is 0.540 bits per heavy atom. The summed E-state index contributed by atoms with van der Waals surface area (Å²) >= 11 is 0. The Morgan fingerprint density at radius 1 is 0.320 bits per heavy atom. The van der Waals surface area contributed by atoms with Gasteiger partial charge in [0.15, 0.2) is 0 Å². The second-order valence-electron chi connectivity index (χ2n) is 15.9. The Morgan fingerprint density at radius 3 is 0.800 bits per heavy atom. The molecule has 0 heterocycles. The van der Waals surface area contributed by atoms with Crippen molar-refractivity contribution >= 4 is 11.9 Å². The van der Waals surface area contributed by atoms with E-state index in [4.69, 9.17) is 9.84 Å². The Labute approximate surface area is 313 Å². The van der Waals surface area contributed by atoms with Crippen molar-refractivity contribution in [3.05, 3.63) is 0 Å². The van der Waals surface area contributed by atoms with E-state index >= 15 is 0 Å². The van der Waals surface area contributed by atoms with Crippen molar-refractivity contribution in [3.63, 3.8) is 0 Å². The molecule has 298 valence electrons. The van der Waals surface area contributed by atoms with Crippen molar-refractivity contribution in [2.75, 3.05) is 6.61 Å². The van der Waals surface area contributed by atoms with Gasteiger partial charge in [0.2, 0.25) is 0 Å². The number of aliphatic carboxylic acids is 1. The maximum atomic E-state index is 12.0. The molecule has 0 rings (SSSR count). The van der Waals surface area contributed by atoms with Crippen LogP contribution < -0.4 is 0 Å². The van der Waals surface area contributed by atoms with Crippen LogP contribution in [-0.4, -0.2) is 23.7 Å². The van der Waals surface area contributed by atoms with E-state index in [9.17, 15) is 9.59 Å². The molecule has 0 aromatic heterocycles. The van der Waals surface area contributed by atoms with Gasteiger partial charge in [-0.3, -0.25) is 9.59 Å². The normalized spacial score (nSPS) is 11.4. The van der Waals surface area contributed by atoms with Crippen LogP contribution in [0.4, 0.5) is 0 Å². The summed E-state index contributed by atoms with van der Waals surface area (Å²) in [4.78, 5) is 22.5. The lowest BCUT2D eigenvalue weighted by molar-refractivity contribution is -0.144. The van der Waals surface area contributed by atoms with Crippen molar-refractivity contribution in [2.24, 2.45) is 0 Å². The average Bonchev–Trinajstić information content (AvgIpc) is 3.11. The van der Waals surface area contributed by atoms with E-state index in [0.717, 1.165) is 25.7 Å². The van der Waals surface area contributed by atoms with Gasteiger partial charge in [-0.15, -0.1) is 0 Å². The molecule has 0 aliphatic carbocycles. The molecule has 0 unspecified atom stereocenters. The van der Waals surface area contributed by atoms with Crippen molar-refractivity contribution < 1.29 is 19.4 Å². The molecule has 50 heavy (non-hydrogen) atoms. The van der Waals surface area contributed by atoms with Gasteiger partial charge in [0.25, 0.3) is 0 Å². The molecule has 0 fully saturated rings. The summed E-state index contributed by atoms with van der Waals surface area (Å²) in [5.74, 6) is -0.634. The van der Waals surface area contributed by atoms with Gasteiger partial charge >= 0.3 is 11.9 Å². The number of hydrogen-bond acceptors (Lipinski definition) is 3. The SMILES string of the molecule is CCCCCCCCCCCCCCCCCCOC(=O)CCCCCCCCCCCCCCCCCCCCCCCCCCC(=O)O. The molecular formula is C46H90O4. The molecule has 0 spiro atoms. The molecule has 0 saturated heterocycles. The Kier molecular flexibility index (Phi) is 43.2. The number of carboxylic acids is 1. The van der Waals surface area contributed by atoms with Crippen molar-refractivity contribution in [2.45, 2.75) is 277 Å². The first-order valence-corrected chi connectivity index (χ1v) is 23.0. The summed E-state index contributed by atoms with van der Waals surface area (Å²) in [6, 6.07) is 0. The first kappa shape index (κ1) is 48.9. The molecule has 0 saturated carbocycles. The zero-order chi connectivity index (χ0) is 36.3. The summed E-state index contributed by atoms with van der Waals surface area (Å²) in [5.41, 5.74) is 0. The van der Waals surface area contributed by atoms with Gasteiger partial charge in [0.1, 0.15) is 0 Å². The van der Waals surface area contributed by atoms with Gasteiger partial charge in [-0.25, -0.2) is 0 Å². The van der Waals surface area contributed by atoms with Crippen LogP contribution in [0.2, 0.25) is 0 Å². The second kappa shape index (κ2) is 44.1. The highest BCUT2D eigenvalue weighted by molar-refractivity contribution is 5.69. The van der Waals surface area contributed by atoms with E-state index in [1.165, 1.54) is 231 Å². The van der Waals surface area contributed by atoms with E-state index in [-0.39, 0.29) is 5.97 Å². The summed E-state index contributed by atoms with van der Waals surface area (Å²) in [5, 5.41) is 8.65. The van der Waals surface area contributed by atoms with Crippen LogP contribution in [0.15, 0.2) is 0 Å². The fourth-order valence-corrected chi connectivity index (χ4v) is 7.34. The number of carbonyl (C=O) groups is 2. The topological polar surface area (TPSA) is 63.6 Å². The Bertz CT molecular complexity index is 663. The van der Waals surface area contributed by atoms with Crippen molar-refractivity contribution in [3.8, 4) is 0 Å². The Hall–Kier alpha value is -1.06. The highest BCUT2D eigenvalue weighted by Crippen LogP contribution is 2.17. The number of ether oxygens (including phenoxy) is 1.